The highest BCUT2D eigenvalue weighted by Gasteiger charge is 2.27. The zero-order chi connectivity index (χ0) is 11.3. The highest BCUT2D eigenvalue weighted by molar-refractivity contribution is 4.74. The third-order valence-corrected chi connectivity index (χ3v) is 2.68. The molecule has 2 nitrogen and oxygen atoms in total. The third-order valence-electron chi connectivity index (χ3n) is 2.68. The van der Waals surface area contributed by atoms with E-state index in [2.05, 4.69) is 4.74 Å². The summed E-state index contributed by atoms with van der Waals surface area (Å²) >= 11 is 0. The molecule has 0 aliphatic heterocycles. The number of aliphatic hydroxyl groups is 1. The minimum atomic E-state index is -4.22. The summed E-state index contributed by atoms with van der Waals surface area (Å²) in [5, 5.41) is 9.23. The Kier molecular flexibility index (Phi) is 4.86. The van der Waals surface area contributed by atoms with Crippen molar-refractivity contribution in [1.29, 1.82) is 0 Å². The topological polar surface area (TPSA) is 29.5 Å². The fourth-order valence-electron chi connectivity index (χ4n) is 1.97. The van der Waals surface area contributed by atoms with Crippen LogP contribution in [0.3, 0.4) is 0 Å². The van der Waals surface area contributed by atoms with E-state index in [1.54, 1.807) is 0 Å². The van der Waals surface area contributed by atoms with E-state index in [-0.39, 0.29) is 12.7 Å². The molecule has 1 N–H and O–H groups in total. The van der Waals surface area contributed by atoms with E-state index in [0.717, 1.165) is 25.7 Å². The molecule has 0 bridgehead atoms. The molecule has 0 spiro atoms. The van der Waals surface area contributed by atoms with Crippen LogP contribution in [0, 0.1) is 5.92 Å². The molecule has 15 heavy (non-hydrogen) atoms. The van der Waals surface area contributed by atoms with Crippen molar-refractivity contribution in [3.8, 4) is 0 Å². The maximum atomic E-state index is 11.7. The summed E-state index contributed by atoms with van der Waals surface area (Å²) in [7, 11) is 0. The van der Waals surface area contributed by atoms with Crippen molar-refractivity contribution in [3.63, 3.8) is 0 Å². The van der Waals surface area contributed by atoms with Crippen LogP contribution in [0.1, 0.15) is 32.1 Å². The Labute approximate surface area is 87.4 Å². The Morgan fingerprint density at radius 2 is 2.00 bits per heavy atom. The van der Waals surface area contributed by atoms with Crippen LogP contribution in [0.25, 0.3) is 0 Å². The Hall–Kier alpha value is -0.290. The van der Waals surface area contributed by atoms with Gasteiger partial charge in [0.25, 0.3) is 0 Å². The molecule has 0 aromatic heterocycles. The molecule has 0 heterocycles. The molecule has 1 fully saturated rings. The fraction of sp³-hybridized carbons (Fsp3) is 1.00. The number of halogens is 3. The van der Waals surface area contributed by atoms with E-state index in [9.17, 15) is 18.3 Å². The van der Waals surface area contributed by atoms with Gasteiger partial charge in [0, 0.05) is 6.61 Å². The van der Waals surface area contributed by atoms with Crippen molar-refractivity contribution < 1.29 is 23.0 Å². The van der Waals surface area contributed by atoms with E-state index in [1.807, 2.05) is 0 Å². The smallest absolute Gasteiger partial charge is 0.393 e. The van der Waals surface area contributed by atoms with Gasteiger partial charge >= 0.3 is 6.18 Å². The lowest BCUT2D eigenvalue weighted by Crippen LogP contribution is -2.17. The third kappa shape index (κ3) is 5.99. The molecule has 1 saturated carbocycles. The summed E-state index contributed by atoms with van der Waals surface area (Å²) in [6.07, 6.45) is -0.314. The monoisotopic (exact) mass is 226 g/mol. The van der Waals surface area contributed by atoms with E-state index in [0.29, 0.717) is 12.3 Å². The van der Waals surface area contributed by atoms with Crippen LogP contribution in [-0.4, -0.2) is 30.6 Å². The first-order valence-corrected chi connectivity index (χ1v) is 5.30. The van der Waals surface area contributed by atoms with Gasteiger partial charge in [-0.1, -0.05) is 0 Å². The van der Waals surface area contributed by atoms with Crippen LogP contribution in [0.2, 0.25) is 0 Å². The van der Waals surface area contributed by atoms with Gasteiger partial charge in [0.2, 0.25) is 0 Å². The standard InChI is InChI=1S/C10H17F3O2/c11-10(12,13)7-15-5-1-2-8-3-4-9(14)6-8/h8-9,14H,1-7H2. The zero-order valence-corrected chi connectivity index (χ0v) is 8.59. The Balaban J connectivity index is 1.93. The molecule has 1 rings (SSSR count). The molecule has 1 aliphatic rings. The average Bonchev–Trinajstić information content (AvgIpc) is 2.49. The minimum absolute atomic E-state index is 0.159. The molecule has 0 aromatic carbocycles. The first-order chi connectivity index (χ1) is 6.97. The molecule has 2 atom stereocenters. The predicted molar refractivity (Wildman–Crippen MR) is 49.5 cm³/mol. The van der Waals surface area contributed by atoms with Crippen molar-refractivity contribution in [2.45, 2.75) is 44.4 Å². The van der Waals surface area contributed by atoms with Gasteiger partial charge in [-0.05, 0) is 38.0 Å². The van der Waals surface area contributed by atoms with Gasteiger partial charge in [0.15, 0.2) is 0 Å². The van der Waals surface area contributed by atoms with Crippen molar-refractivity contribution >= 4 is 0 Å². The van der Waals surface area contributed by atoms with Crippen molar-refractivity contribution in [3.05, 3.63) is 0 Å². The normalized spacial score (nSPS) is 27.2. The highest BCUT2D eigenvalue weighted by Crippen LogP contribution is 2.29. The number of hydrogen-bond donors (Lipinski definition) is 1. The molecule has 90 valence electrons. The maximum Gasteiger partial charge on any atom is 0.411 e. The van der Waals surface area contributed by atoms with E-state index < -0.39 is 12.8 Å². The second-order valence-corrected chi connectivity index (χ2v) is 4.14. The number of ether oxygens (including phenoxy) is 1. The van der Waals surface area contributed by atoms with E-state index in [1.165, 1.54) is 0 Å². The average molecular weight is 226 g/mol. The predicted octanol–water partition coefficient (Wildman–Crippen LogP) is 2.51. The van der Waals surface area contributed by atoms with Crippen molar-refractivity contribution in [2.24, 2.45) is 5.92 Å². The molecular weight excluding hydrogens is 209 g/mol. The lowest BCUT2D eigenvalue weighted by Gasteiger charge is -2.10. The van der Waals surface area contributed by atoms with Gasteiger partial charge < -0.3 is 9.84 Å². The number of aliphatic hydroxyl groups excluding tert-OH is 1. The van der Waals surface area contributed by atoms with Crippen LogP contribution in [0.15, 0.2) is 0 Å². The molecule has 1 aliphatic carbocycles. The molecule has 5 heteroatoms. The van der Waals surface area contributed by atoms with Gasteiger partial charge in [-0.25, -0.2) is 0 Å². The maximum absolute atomic E-state index is 11.7. The lowest BCUT2D eigenvalue weighted by molar-refractivity contribution is -0.174. The van der Waals surface area contributed by atoms with Crippen LogP contribution in [0.4, 0.5) is 13.2 Å². The van der Waals surface area contributed by atoms with Crippen LogP contribution < -0.4 is 0 Å². The van der Waals surface area contributed by atoms with Gasteiger partial charge in [-0.15, -0.1) is 0 Å². The molecule has 0 radical (unpaired) electrons. The van der Waals surface area contributed by atoms with Gasteiger partial charge in [0.1, 0.15) is 6.61 Å². The number of alkyl halides is 3. The zero-order valence-electron chi connectivity index (χ0n) is 8.59. The van der Waals surface area contributed by atoms with Gasteiger partial charge in [-0.2, -0.15) is 13.2 Å². The van der Waals surface area contributed by atoms with Crippen LogP contribution in [0.5, 0.6) is 0 Å². The van der Waals surface area contributed by atoms with Crippen molar-refractivity contribution in [2.75, 3.05) is 13.2 Å². The molecule has 0 saturated heterocycles. The summed E-state index contributed by atoms with van der Waals surface area (Å²) in [4.78, 5) is 0. The van der Waals surface area contributed by atoms with E-state index >= 15 is 0 Å². The summed E-state index contributed by atoms with van der Waals surface area (Å²) in [6.45, 7) is -0.994. The summed E-state index contributed by atoms with van der Waals surface area (Å²) in [5.41, 5.74) is 0. The first kappa shape index (κ1) is 12.8. The quantitative estimate of drug-likeness (QED) is 0.730. The second kappa shape index (κ2) is 5.70. The van der Waals surface area contributed by atoms with Gasteiger partial charge in [-0.3, -0.25) is 0 Å². The van der Waals surface area contributed by atoms with Crippen LogP contribution >= 0.6 is 0 Å². The second-order valence-electron chi connectivity index (χ2n) is 4.14. The van der Waals surface area contributed by atoms with Crippen LogP contribution in [-0.2, 0) is 4.74 Å². The molecule has 0 aromatic rings. The largest absolute Gasteiger partial charge is 0.411 e. The fourth-order valence-corrected chi connectivity index (χ4v) is 1.97. The SMILES string of the molecule is OC1CCC(CCCOCC(F)(F)F)C1. The van der Waals surface area contributed by atoms with Gasteiger partial charge in [0.05, 0.1) is 6.10 Å². The summed E-state index contributed by atoms with van der Waals surface area (Å²) in [6, 6.07) is 0. The lowest BCUT2D eigenvalue weighted by atomic mass is 10.0. The Morgan fingerprint density at radius 3 is 2.53 bits per heavy atom. The minimum Gasteiger partial charge on any atom is -0.393 e. The van der Waals surface area contributed by atoms with Crippen molar-refractivity contribution in [1.82, 2.24) is 0 Å². The Bertz CT molecular complexity index is 182. The summed E-state index contributed by atoms with van der Waals surface area (Å²) in [5.74, 6) is 0.467. The molecule has 0 amide bonds. The number of rotatable bonds is 5. The first-order valence-electron chi connectivity index (χ1n) is 5.30. The highest BCUT2D eigenvalue weighted by atomic mass is 19.4. The number of hydrogen-bond acceptors (Lipinski definition) is 2. The summed E-state index contributed by atoms with van der Waals surface area (Å²) < 4.78 is 39.5. The Morgan fingerprint density at radius 1 is 1.27 bits per heavy atom. The molecular formula is C10H17F3O2. The van der Waals surface area contributed by atoms with E-state index in [4.69, 9.17) is 0 Å². The molecule has 2 unspecified atom stereocenters.